The quantitative estimate of drug-likeness (QED) is 0.439. The summed E-state index contributed by atoms with van der Waals surface area (Å²) < 4.78 is 0. The molecule has 36 heavy (non-hydrogen) atoms. The summed E-state index contributed by atoms with van der Waals surface area (Å²) in [5.74, 6) is 1.12. The summed E-state index contributed by atoms with van der Waals surface area (Å²) >= 11 is 0. The number of fused-ring (bicyclic) bond motifs is 1. The average Bonchev–Trinajstić information content (AvgIpc) is 2.90. The minimum atomic E-state index is 0.654. The lowest BCUT2D eigenvalue weighted by molar-refractivity contribution is 0.191. The van der Waals surface area contributed by atoms with E-state index in [0.717, 1.165) is 63.6 Å². The number of anilines is 2. The van der Waals surface area contributed by atoms with Gasteiger partial charge in [-0.2, -0.15) is 0 Å². The third kappa shape index (κ3) is 6.55. The molecule has 2 N–H and O–H groups in total. The Labute approximate surface area is 216 Å². The maximum Gasteiger partial charge on any atom is 0.129 e. The number of piperidine rings is 1. The smallest absolute Gasteiger partial charge is 0.129 e. The van der Waals surface area contributed by atoms with Crippen LogP contribution in [0.4, 0.5) is 11.5 Å². The van der Waals surface area contributed by atoms with Gasteiger partial charge in [0.25, 0.3) is 0 Å². The number of likely N-dealkylation sites (tertiary alicyclic amines) is 1. The monoisotopic (exact) mass is 486 g/mol. The normalized spacial score (nSPS) is 18.1. The molecule has 2 aliphatic heterocycles. The van der Waals surface area contributed by atoms with Crippen LogP contribution in [0.2, 0.25) is 0 Å². The maximum absolute atomic E-state index is 4.98. The van der Waals surface area contributed by atoms with Crippen molar-refractivity contribution in [2.75, 3.05) is 69.6 Å². The van der Waals surface area contributed by atoms with Crippen LogP contribution in [0.5, 0.6) is 0 Å². The number of nitrogens with zero attached hydrogens (tertiary/aromatic N) is 4. The molecule has 0 unspecified atom stereocenters. The number of piperazine rings is 1. The van der Waals surface area contributed by atoms with Gasteiger partial charge < -0.3 is 20.4 Å². The largest absolute Gasteiger partial charge is 0.385 e. The van der Waals surface area contributed by atoms with Crippen molar-refractivity contribution < 1.29 is 0 Å². The van der Waals surface area contributed by atoms with Crippen molar-refractivity contribution in [3.05, 3.63) is 65.7 Å². The van der Waals surface area contributed by atoms with Gasteiger partial charge in [0.2, 0.25) is 0 Å². The maximum atomic E-state index is 4.98. The van der Waals surface area contributed by atoms with Crippen molar-refractivity contribution in [3.8, 4) is 0 Å². The predicted octanol–water partition coefficient (Wildman–Crippen LogP) is 4.35. The minimum absolute atomic E-state index is 0.654. The Morgan fingerprint density at radius 1 is 0.889 bits per heavy atom. The Morgan fingerprint density at radius 2 is 1.67 bits per heavy atom. The van der Waals surface area contributed by atoms with Crippen molar-refractivity contribution in [1.82, 2.24) is 20.1 Å². The summed E-state index contributed by atoms with van der Waals surface area (Å²) in [6.45, 7) is 12.0. The van der Waals surface area contributed by atoms with Gasteiger partial charge in [0.15, 0.2) is 0 Å². The van der Waals surface area contributed by atoms with E-state index in [0.29, 0.717) is 6.04 Å². The highest BCUT2D eigenvalue weighted by molar-refractivity contribution is 5.87. The van der Waals surface area contributed by atoms with E-state index in [1.54, 1.807) is 0 Å². The number of hydrogen-bond acceptors (Lipinski definition) is 6. The van der Waals surface area contributed by atoms with Gasteiger partial charge >= 0.3 is 0 Å². The molecule has 0 spiro atoms. The molecule has 2 aliphatic rings. The predicted molar refractivity (Wildman–Crippen MR) is 152 cm³/mol. The van der Waals surface area contributed by atoms with Crippen LogP contribution in [0.1, 0.15) is 30.4 Å². The third-order valence-electron chi connectivity index (χ3n) is 7.78. The second kappa shape index (κ2) is 12.0. The molecule has 0 radical (unpaired) electrons. The van der Waals surface area contributed by atoms with Crippen molar-refractivity contribution in [1.29, 1.82) is 0 Å². The fraction of sp³-hybridized carbons (Fsp3) is 0.500. The van der Waals surface area contributed by atoms with Crippen LogP contribution >= 0.6 is 0 Å². The van der Waals surface area contributed by atoms with Gasteiger partial charge in [0, 0.05) is 56.4 Å². The van der Waals surface area contributed by atoms with Gasteiger partial charge in [0.1, 0.15) is 5.82 Å². The molecule has 192 valence electrons. The molecule has 1 aromatic heterocycles. The molecule has 0 bridgehead atoms. The van der Waals surface area contributed by atoms with Crippen LogP contribution < -0.4 is 15.5 Å². The zero-order chi connectivity index (χ0) is 24.7. The van der Waals surface area contributed by atoms with Gasteiger partial charge in [-0.25, -0.2) is 4.98 Å². The molecular weight excluding hydrogens is 444 g/mol. The van der Waals surface area contributed by atoms with E-state index < -0.39 is 0 Å². The SMILES string of the molecule is Cc1cc(N2CCN(C)CC2)nc2ccc(NCCCNC3CCN(Cc4ccccc4)CC3)cc12. The lowest BCUT2D eigenvalue weighted by Crippen LogP contribution is -2.44. The average molecular weight is 487 g/mol. The molecule has 2 aromatic carbocycles. The Balaban J connectivity index is 1.04. The van der Waals surface area contributed by atoms with Crippen LogP contribution in [0, 0.1) is 6.92 Å². The van der Waals surface area contributed by atoms with Crippen LogP contribution in [0.15, 0.2) is 54.6 Å². The number of likely N-dealkylation sites (N-methyl/N-ethyl adjacent to an activating group) is 1. The molecule has 2 fully saturated rings. The summed E-state index contributed by atoms with van der Waals surface area (Å²) in [5, 5.41) is 8.66. The number of pyridine rings is 1. The molecule has 0 amide bonds. The molecule has 3 heterocycles. The highest BCUT2D eigenvalue weighted by Crippen LogP contribution is 2.26. The zero-order valence-electron chi connectivity index (χ0n) is 22.0. The molecular formula is C30H42N6. The van der Waals surface area contributed by atoms with Crippen molar-refractivity contribution in [2.45, 2.75) is 38.8 Å². The fourth-order valence-electron chi connectivity index (χ4n) is 5.45. The highest BCUT2D eigenvalue weighted by Gasteiger charge is 2.19. The minimum Gasteiger partial charge on any atom is -0.385 e. The number of hydrogen-bond donors (Lipinski definition) is 2. The summed E-state index contributed by atoms with van der Waals surface area (Å²) in [4.78, 5) is 12.4. The fourth-order valence-corrected chi connectivity index (χ4v) is 5.45. The zero-order valence-corrected chi connectivity index (χ0v) is 22.0. The summed E-state index contributed by atoms with van der Waals surface area (Å²) in [6, 6.07) is 20.4. The number of aromatic nitrogens is 1. The third-order valence-corrected chi connectivity index (χ3v) is 7.78. The number of aryl methyl sites for hydroxylation is 1. The van der Waals surface area contributed by atoms with Gasteiger partial charge in [-0.1, -0.05) is 30.3 Å². The highest BCUT2D eigenvalue weighted by atomic mass is 15.3. The van der Waals surface area contributed by atoms with Gasteiger partial charge in [-0.05, 0) is 88.3 Å². The molecule has 6 nitrogen and oxygen atoms in total. The summed E-state index contributed by atoms with van der Waals surface area (Å²) in [7, 11) is 2.19. The lowest BCUT2D eigenvalue weighted by Gasteiger charge is -2.33. The van der Waals surface area contributed by atoms with Crippen LogP contribution in [0.25, 0.3) is 10.9 Å². The van der Waals surface area contributed by atoms with E-state index >= 15 is 0 Å². The Hall–Kier alpha value is -2.67. The first-order valence-electron chi connectivity index (χ1n) is 13.7. The Bertz CT molecular complexity index is 1100. The van der Waals surface area contributed by atoms with E-state index in [-0.39, 0.29) is 0 Å². The van der Waals surface area contributed by atoms with E-state index in [9.17, 15) is 0 Å². The van der Waals surface area contributed by atoms with E-state index in [4.69, 9.17) is 4.98 Å². The Kier molecular flexibility index (Phi) is 8.36. The topological polar surface area (TPSA) is 46.7 Å². The molecule has 0 atom stereocenters. The van der Waals surface area contributed by atoms with Crippen molar-refractivity contribution in [2.24, 2.45) is 0 Å². The molecule has 2 saturated heterocycles. The first-order valence-corrected chi connectivity index (χ1v) is 13.7. The first kappa shape index (κ1) is 25.0. The Morgan fingerprint density at radius 3 is 2.44 bits per heavy atom. The van der Waals surface area contributed by atoms with Gasteiger partial charge in [-0.15, -0.1) is 0 Å². The van der Waals surface area contributed by atoms with Crippen LogP contribution in [0.3, 0.4) is 0 Å². The molecule has 0 saturated carbocycles. The van der Waals surface area contributed by atoms with E-state index in [2.05, 4.69) is 93.9 Å². The van der Waals surface area contributed by atoms with Gasteiger partial charge in [-0.3, -0.25) is 4.90 Å². The van der Waals surface area contributed by atoms with Crippen molar-refractivity contribution in [3.63, 3.8) is 0 Å². The van der Waals surface area contributed by atoms with Crippen molar-refractivity contribution >= 4 is 22.4 Å². The second-order valence-electron chi connectivity index (χ2n) is 10.6. The summed E-state index contributed by atoms with van der Waals surface area (Å²) in [6.07, 6.45) is 3.61. The molecule has 6 heteroatoms. The second-order valence-corrected chi connectivity index (χ2v) is 10.6. The molecule has 5 rings (SSSR count). The lowest BCUT2D eigenvalue weighted by atomic mass is 10.0. The van der Waals surface area contributed by atoms with Gasteiger partial charge in [0.05, 0.1) is 5.52 Å². The molecule has 3 aromatic rings. The van der Waals surface area contributed by atoms with E-state index in [1.165, 1.54) is 48.1 Å². The number of nitrogens with one attached hydrogen (secondary N) is 2. The number of benzene rings is 2. The number of rotatable bonds is 9. The van der Waals surface area contributed by atoms with E-state index in [1.807, 2.05) is 0 Å². The summed E-state index contributed by atoms with van der Waals surface area (Å²) in [5.41, 5.74) is 5.01. The standard InChI is InChI=1S/C30H42N6/c1-24-21-30(36-19-17-34(2)18-20-36)33-29-10-9-27(22-28(24)29)32-14-6-13-31-26-11-15-35(16-12-26)23-25-7-4-3-5-8-25/h3-5,7-10,21-22,26,31-32H,6,11-20,23H2,1-2H3. The first-order chi connectivity index (χ1) is 17.6. The van der Waals surface area contributed by atoms with Crippen LogP contribution in [-0.2, 0) is 6.54 Å². The molecule has 0 aliphatic carbocycles. The van der Waals surface area contributed by atoms with Crippen LogP contribution in [-0.4, -0.2) is 80.2 Å².